The molecule has 0 heterocycles. The van der Waals surface area contributed by atoms with Crippen molar-refractivity contribution in [1.82, 2.24) is 0 Å². The highest BCUT2D eigenvalue weighted by atomic mass is 16.7. The molecule has 0 aliphatic carbocycles. The molecule has 2 rings (SSSR count). The van der Waals surface area contributed by atoms with Crippen LogP contribution in [0.15, 0.2) is 54.6 Å². The van der Waals surface area contributed by atoms with E-state index in [4.69, 9.17) is 15.2 Å². The third-order valence-electron chi connectivity index (χ3n) is 5.41. The highest BCUT2D eigenvalue weighted by molar-refractivity contribution is 5.37. The van der Waals surface area contributed by atoms with E-state index in [-0.39, 0.29) is 6.29 Å². The molecule has 0 saturated carbocycles. The fourth-order valence-electron chi connectivity index (χ4n) is 4.17. The summed E-state index contributed by atoms with van der Waals surface area (Å²) in [6, 6.07) is 18.4. The van der Waals surface area contributed by atoms with E-state index >= 15 is 0 Å². The molecule has 0 bridgehead atoms. The van der Waals surface area contributed by atoms with Crippen molar-refractivity contribution in [3.05, 3.63) is 65.7 Å². The molecule has 0 radical (unpaired) electrons. The van der Waals surface area contributed by atoms with Gasteiger partial charge < -0.3 is 15.2 Å². The molecule has 2 aromatic carbocycles. The van der Waals surface area contributed by atoms with Gasteiger partial charge in [-0.25, -0.2) is 0 Å². The third-order valence-corrected chi connectivity index (χ3v) is 5.41. The fraction of sp³-hybridized carbons (Fsp3) is 0.556. The molecule has 3 heteroatoms. The summed E-state index contributed by atoms with van der Waals surface area (Å²) in [6.07, 6.45) is 2.53. The minimum atomic E-state index is -0.458. The zero-order valence-corrected chi connectivity index (χ0v) is 19.9. The molecule has 2 unspecified atom stereocenters. The first-order valence-corrected chi connectivity index (χ1v) is 11.3. The van der Waals surface area contributed by atoms with Gasteiger partial charge in [-0.15, -0.1) is 0 Å². The molecule has 0 aromatic heterocycles. The first kappa shape index (κ1) is 24.4. The van der Waals surface area contributed by atoms with Crippen LogP contribution in [0.5, 0.6) is 5.75 Å². The van der Waals surface area contributed by atoms with Gasteiger partial charge in [0.1, 0.15) is 5.75 Å². The molecule has 3 nitrogen and oxygen atoms in total. The molecule has 0 saturated heterocycles. The normalized spacial score (nSPS) is 15.3. The van der Waals surface area contributed by atoms with E-state index in [0.29, 0.717) is 11.8 Å². The molecule has 0 fully saturated rings. The predicted molar refractivity (Wildman–Crippen MR) is 126 cm³/mol. The number of hydrogen-bond donors (Lipinski definition) is 1. The van der Waals surface area contributed by atoms with Crippen LogP contribution in [-0.2, 0) is 15.9 Å². The van der Waals surface area contributed by atoms with Crippen LogP contribution in [0.1, 0.15) is 78.9 Å². The topological polar surface area (TPSA) is 44.5 Å². The number of benzene rings is 2. The van der Waals surface area contributed by atoms with E-state index in [1.54, 1.807) is 0 Å². The van der Waals surface area contributed by atoms with Gasteiger partial charge in [0.25, 0.3) is 0 Å². The number of hydrogen-bond acceptors (Lipinski definition) is 3. The molecule has 0 aliphatic heterocycles. The van der Waals surface area contributed by atoms with E-state index in [0.717, 1.165) is 30.6 Å². The lowest BCUT2D eigenvalue weighted by Gasteiger charge is -2.41. The Bertz CT molecular complexity index is 764. The van der Waals surface area contributed by atoms with Gasteiger partial charge in [0.2, 0.25) is 0 Å². The maximum atomic E-state index is 6.85. The molecule has 2 aromatic rings. The van der Waals surface area contributed by atoms with E-state index in [1.807, 2.05) is 37.3 Å². The molecule has 0 aliphatic rings. The van der Waals surface area contributed by atoms with Crippen LogP contribution in [0.3, 0.4) is 0 Å². The Hall–Kier alpha value is -1.84. The second-order valence-electron chi connectivity index (χ2n) is 9.91. The van der Waals surface area contributed by atoms with Gasteiger partial charge >= 0.3 is 0 Å². The van der Waals surface area contributed by atoms with E-state index in [1.165, 1.54) is 5.56 Å². The first-order valence-electron chi connectivity index (χ1n) is 11.3. The van der Waals surface area contributed by atoms with E-state index < -0.39 is 11.1 Å². The summed E-state index contributed by atoms with van der Waals surface area (Å²) in [6.45, 7) is 15.2. The standard InChI is InChI=1S/C27H41NO2/c1-20(2)17-18-27(19-21(3)4,25-16-12-11-15-24(25)26(6,7)28)30-22(5)29-23-13-9-8-10-14-23/h8-16,20-22H,17-19,28H2,1-7H3. The Morgan fingerprint density at radius 3 is 1.90 bits per heavy atom. The van der Waals surface area contributed by atoms with Crippen LogP contribution >= 0.6 is 0 Å². The van der Waals surface area contributed by atoms with Crippen molar-refractivity contribution in [2.24, 2.45) is 17.6 Å². The van der Waals surface area contributed by atoms with Crippen LogP contribution in [0, 0.1) is 11.8 Å². The zero-order chi connectivity index (χ0) is 22.4. The minimum absolute atomic E-state index is 0.382. The van der Waals surface area contributed by atoms with Crippen LogP contribution in [-0.4, -0.2) is 6.29 Å². The minimum Gasteiger partial charge on any atom is -0.465 e. The predicted octanol–water partition coefficient (Wildman–Crippen LogP) is 7.00. The molecule has 0 spiro atoms. The van der Waals surface area contributed by atoms with Gasteiger partial charge in [0.05, 0.1) is 5.60 Å². The number of ether oxygens (including phenoxy) is 2. The van der Waals surface area contributed by atoms with Crippen LogP contribution in [0.25, 0.3) is 0 Å². The highest BCUT2D eigenvalue weighted by Crippen LogP contribution is 2.43. The Morgan fingerprint density at radius 1 is 0.800 bits per heavy atom. The lowest BCUT2D eigenvalue weighted by Crippen LogP contribution is -2.41. The van der Waals surface area contributed by atoms with Gasteiger partial charge in [0, 0.05) is 5.54 Å². The Labute approximate surface area is 184 Å². The van der Waals surface area contributed by atoms with Crippen molar-refractivity contribution in [3.8, 4) is 5.75 Å². The first-order chi connectivity index (χ1) is 14.0. The molecule has 2 N–H and O–H groups in total. The molecular weight excluding hydrogens is 370 g/mol. The van der Waals surface area contributed by atoms with Gasteiger partial charge in [-0.1, -0.05) is 70.2 Å². The van der Waals surface area contributed by atoms with Gasteiger partial charge in [-0.05, 0) is 75.1 Å². The quantitative estimate of drug-likeness (QED) is 0.405. The third kappa shape index (κ3) is 6.85. The Balaban J connectivity index is 2.50. The van der Waals surface area contributed by atoms with Gasteiger partial charge in [-0.3, -0.25) is 0 Å². The molecule has 2 atom stereocenters. The van der Waals surface area contributed by atoms with E-state index in [2.05, 4.69) is 65.8 Å². The average molecular weight is 412 g/mol. The maximum Gasteiger partial charge on any atom is 0.198 e. The molecule has 166 valence electrons. The highest BCUT2D eigenvalue weighted by Gasteiger charge is 2.39. The van der Waals surface area contributed by atoms with E-state index in [9.17, 15) is 0 Å². The van der Waals surface area contributed by atoms with Crippen molar-refractivity contribution in [2.45, 2.75) is 85.2 Å². The van der Waals surface area contributed by atoms with Crippen LogP contribution in [0.2, 0.25) is 0 Å². The summed E-state index contributed by atoms with van der Waals surface area (Å²) in [5.41, 5.74) is 8.03. The fourth-order valence-corrected chi connectivity index (χ4v) is 4.17. The molecule has 0 amide bonds. The summed E-state index contributed by atoms with van der Waals surface area (Å²) in [7, 11) is 0. The monoisotopic (exact) mass is 411 g/mol. The summed E-state index contributed by atoms with van der Waals surface area (Å²) in [5, 5.41) is 0. The Kier molecular flexibility index (Phi) is 8.52. The maximum absolute atomic E-state index is 6.85. The van der Waals surface area contributed by atoms with Crippen molar-refractivity contribution in [1.29, 1.82) is 0 Å². The van der Waals surface area contributed by atoms with Crippen LogP contribution in [0.4, 0.5) is 0 Å². The number of nitrogens with two attached hydrogens (primary N) is 1. The van der Waals surface area contributed by atoms with Gasteiger partial charge in [0.15, 0.2) is 6.29 Å². The van der Waals surface area contributed by atoms with Crippen LogP contribution < -0.4 is 10.5 Å². The summed E-state index contributed by atoms with van der Waals surface area (Å²) in [4.78, 5) is 0. The smallest absolute Gasteiger partial charge is 0.198 e. The van der Waals surface area contributed by atoms with Crippen molar-refractivity contribution in [2.75, 3.05) is 0 Å². The lowest BCUT2D eigenvalue weighted by molar-refractivity contribution is -0.181. The largest absolute Gasteiger partial charge is 0.465 e. The number of para-hydroxylation sites is 1. The SMILES string of the molecule is CC(C)CCC(CC(C)C)(OC(C)Oc1ccccc1)c1ccccc1C(C)(C)N. The average Bonchev–Trinajstić information content (AvgIpc) is 2.65. The van der Waals surface area contributed by atoms with Gasteiger partial charge in [-0.2, -0.15) is 0 Å². The Morgan fingerprint density at radius 2 is 1.37 bits per heavy atom. The van der Waals surface area contributed by atoms with Crippen molar-refractivity contribution < 1.29 is 9.47 Å². The molecular formula is C27H41NO2. The zero-order valence-electron chi connectivity index (χ0n) is 19.9. The van der Waals surface area contributed by atoms with Crippen molar-refractivity contribution in [3.63, 3.8) is 0 Å². The summed E-state index contributed by atoms with van der Waals surface area (Å²) >= 11 is 0. The summed E-state index contributed by atoms with van der Waals surface area (Å²) < 4.78 is 13.0. The van der Waals surface area contributed by atoms with Crippen molar-refractivity contribution >= 4 is 0 Å². The second-order valence-corrected chi connectivity index (χ2v) is 9.91. The second kappa shape index (κ2) is 10.5. The lowest BCUT2D eigenvalue weighted by atomic mass is 9.75. The molecule has 30 heavy (non-hydrogen) atoms. The number of rotatable bonds is 11. The summed E-state index contributed by atoms with van der Waals surface area (Å²) in [5.74, 6) is 1.87.